The highest BCUT2D eigenvalue weighted by Crippen LogP contribution is 2.30. The van der Waals surface area contributed by atoms with Crippen LogP contribution in [0.4, 0.5) is 5.82 Å². The van der Waals surface area contributed by atoms with Crippen molar-refractivity contribution in [1.82, 2.24) is 20.2 Å². The summed E-state index contributed by atoms with van der Waals surface area (Å²) in [7, 11) is 3.38. The van der Waals surface area contributed by atoms with Gasteiger partial charge < -0.3 is 20.3 Å². The van der Waals surface area contributed by atoms with Gasteiger partial charge in [0.05, 0.1) is 17.7 Å². The van der Waals surface area contributed by atoms with E-state index in [4.69, 9.17) is 9.72 Å². The molecular formula is C24H27N5O3. The Hall–Kier alpha value is -3.52. The Balaban J connectivity index is 1.57. The van der Waals surface area contributed by atoms with Gasteiger partial charge in [0, 0.05) is 62.6 Å². The number of carbonyl (C=O) groups is 2. The van der Waals surface area contributed by atoms with Crippen molar-refractivity contribution in [2.75, 3.05) is 45.7 Å². The summed E-state index contributed by atoms with van der Waals surface area (Å²) in [6, 6.07) is 13.0. The maximum absolute atomic E-state index is 13.0. The molecule has 0 saturated carbocycles. The fourth-order valence-corrected chi connectivity index (χ4v) is 4.02. The standard InChI is InChI=1S/C24H27N5O3/c1-25-22-13-16(7-9-26-22)24(31)29-11-8-17(15-29)21-14-19(23(30)27-10-12-32-2)18-5-3-4-6-20(18)28-21/h3-7,9,13-14,17H,8,10-12,15H2,1-2H3,(H,25,26)(H,27,30). The summed E-state index contributed by atoms with van der Waals surface area (Å²) < 4.78 is 5.03. The minimum Gasteiger partial charge on any atom is -0.383 e. The van der Waals surface area contributed by atoms with E-state index in [0.29, 0.717) is 43.2 Å². The van der Waals surface area contributed by atoms with E-state index in [2.05, 4.69) is 15.6 Å². The Morgan fingerprint density at radius 1 is 1.22 bits per heavy atom. The molecule has 0 bridgehead atoms. The number of benzene rings is 1. The first-order chi connectivity index (χ1) is 15.6. The Labute approximate surface area is 187 Å². The minimum absolute atomic E-state index is 0.0234. The second-order valence-corrected chi connectivity index (χ2v) is 7.78. The number of nitrogens with one attached hydrogen (secondary N) is 2. The third kappa shape index (κ3) is 4.55. The molecule has 1 fully saturated rings. The molecule has 8 nitrogen and oxygen atoms in total. The van der Waals surface area contributed by atoms with Gasteiger partial charge >= 0.3 is 0 Å². The summed E-state index contributed by atoms with van der Waals surface area (Å²) >= 11 is 0. The van der Waals surface area contributed by atoms with Crippen molar-refractivity contribution in [1.29, 1.82) is 0 Å². The number of rotatable bonds is 7. The second-order valence-electron chi connectivity index (χ2n) is 7.78. The smallest absolute Gasteiger partial charge is 0.254 e. The number of anilines is 1. The van der Waals surface area contributed by atoms with E-state index in [1.165, 1.54) is 0 Å². The Kier molecular flexibility index (Phi) is 6.61. The summed E-state index contributed by atoms with van der Waals surface area (Å²) in [5, 5.41) is 6.68. The van der Waals surface area contributed by atoms with Crippen LogP contribution < -0.4 is 10.6 Å². The zero-order chi connectivity index (χ0) is 22.5. The molecule has 1 saturated heterocycles. The molecule has 3 aromatic rings. The number of carbonyl (C=O) groups excluding carboxylic acids is 2. The van der Waals surface area contributed by atoms with Gasteiger partial charge in [-0.15, -0.1) is 0 Å². The molecule has 2 N–H and O–H groups in total. The van der Waals surface area contributed by atoms with Crippen molar-refractivity contribution in [2.45, 2.75) is 12.3 Å². The number of aromatic nitrogens is 2. The number of ether oxygens (including phenoxy) is 1. The highest BCUT2D eigenvalue weighted by molar-refractivity contribution is 6.06. The number of para-hydroxylation sites is 1. The fraction of sp³-hybridized carbons (Fsp3) is 0.333. The Morgan fingerprint density at radius 2 is 2.06 bits per heavy atom. The van der Waals surface area contributed by atoms with Crippen LogP contribution >= 0.6 is 0 Å². The minimum atomic E-state index is -0.149. The first-order valence-electron chi connectivity index (χ1n) is 10.7. The Morgan fingerprint density at radius 3 is 2.88 bits per heavy atom. The SMILES string of the molecule is CNc1cc(C(=O)N2CCC(c3cc(C(=O)NCCOC)c4ccccc4n3)C2)ccn1. The van der Waals surface area contributed by atoms with E-state index in [0.717, 1.165) is 23.0 Å². The quantitative estimate of drug-likeness (QED) is 0.556. The molecule has 1 aromatic carbocycles. The van der Waals surface area contributed by atoms with Gasteiger partial charge in [0.1, 0.15) is 5.82 Å². The van der Waals surface area contributed by atoms with Crippen molar-refractivity contribution in [3.05, 3.63) is 65.5 Å². The molecule has 2 aromatic heterocycles. The first-order valence-corrected chi connectivity index (χ1v) is 10.7. The number of methoxy groups -OCH3 is 1. The number of likely N-dealkylation sites (tertiary alicyclic amines) is 1. The van der Waals surface area contributed by atoms with Crippen LogP contribution in [0, 0.1) is 0 Å². The second kappa shape index (κ2) is 9.74. The zero-order valence-electron chi connectivity index (χ0n) is 18.3. The monoisotopic (exact) mass is 433 g/mol. The summed E-state index contributed by atoms with van der Waals surface area (Å²) in [6.07, 6.45) is 2.43. The van der Waals surface area contributed by atoms with E-state index in [-0.39, 0.29) is 17.7 Å². The summed E-state index contributed by atoms with van der Waals surface area (Å²) in [5.74, 6) is 0.556. The molecule has 1 atom stereocenters. The Bertz CT molecular complexity index is 1130. The predicted octanol–water partition coefficient (Wildman–Crippen LogP) is 2.68. The van der Waals surface area contributed by atoms with Crippen LogP contribution in [-0.4, -0.2) is 67.1 Å². The van der Waals surface area contributed by atoms with Crippen LogP contribution in [-0.2, 0) is 4.74 Å². The molecule has 0 radical (unpaired) electrons. The number of hydrogen-bond acceptors (Lipinski definition) is 6. The number of hydrogen-bond donors (Lipinski definition) is 2. The van der Waals surface area contributed by atoms with Crippen LogP contribution in [0.5, 0.6) is 0 Å². The maximum Gasteiger partial charge on any atom is 0.254 e. The molecule has 32 heavy (non-hydrogen) atoms. The lowest BCUT2D eigenvalue weighted by molar-refractivity contribution is 0.0790. The largest absolute Gasteiger partial charge is 0.383 e. The summed E-state index contributed by atoms with van der Waals surface area (Å²) in [4.78, 5) is 36.7. The van der Waals surface area contributed by atoms with Crippen LogP contribution in [0.25, 0.3) is 10.9 Å². The van der Waals surface area contributed by atoms with E-state index in [9.17, 15) is 9.59 Å². The van der Waals surface area contributed by atoms with Gasteiger partial charge in [0.2, 0.25) is 0 Å². The van der Waals surface area contributed by atoms with Gasteiger partial charge in [0.15, 0.2) is 0 Å². The van der Waals surface area contributed by atoms with Crippen molar-refractivity contribution in [3.63, 3.8) is 0 Å². The average molecular weight is 434 g/mol. The molecule has 1 unspecified atom stereocenters. The van der Waals surface area contributed by atoms with Gasteiger partial charge in [0.25, 0.3) is 11.8 Å². The van der Waals surface area contributed by atoms with Crippen LogP contribution in [0.1, 0.15) is 38.7 Å². The molecule has 166 valence electrons. The van der Waals surface area contributed by atoms with Crippen molar-refractivity contribution in [2.24, 2.45) is 0 Å². The lowest BCUT2D eigenvalue weighted by Crippen LogP contribution is -2.29. The van der Waals surface area contributed by atoms with E-state index in [1.54, 1.807) is 32.5 Å². The van der Waals surface area contributed by atoms with Crippen LogP contribution in [0.15, 0.2) is 48.7 Å². The van der Waals surface area contributed by atoms with Gasteiger partial charge in [-0.2, -0.15) is 0 Å². The fourth-order valence-electron chi connectivity index (χ4n) is 4.02. The van der Waals surface area contributed by atoms with Crippen molar-refractivity contribution in [3.8, 4) is 0 Å². The van der Waals surface area contributed by atoms with Gasteiger partial charge in [-0.25, -0.2) is 4.98 Å². The van der Waals surface area contributed by atoms with E-state index < -0.39 is 0 Å². The zero-order valence-corrected chi connectivity index (χ0v) is 18.3. The molecule has 2 amide bonds. The number of fused-ring (bicyclic) bond motifs is 1. The first kappa shape index (κ1) is 21.7. The average Bonchev–Trinajstić information content (AvgIpc) is 3.33. The normalized spacial score (nSPS) is 15.7. The van der Waals surface area contributed by atoms with Crippen molar-refractivity contribution < 1.29 is 14.3 Å². The highest BCUT2D eigenvalue weighted by atomic mass is 16.5. The lowest BCUT2D eigenvalue weighted by Gasteiger charge is -2.17. The van der Waals surface area contributed by atoms with Crippen molar-refractivity contribution >= 4 is 28.5 Å². The molecule has 3 heterocycles. The highest BCUT2D eigenvalue weighted by Gasteiger charge is 2.30. The number of pyridine rings is 2. The molecular weight excluding hydrogens is 406 g/mol. The summed E-state index contributed by atoms with van der Waals surface area (Å²) in [5.41, 5.74) is 2.81. The van der Waals surface area contributed by atoms with Gasteiger partial charge in [-0.3, -0.25) is 14.6 Å². The number of nitrogens with zero attached hydrogens (tertiary/aromatic N) is 3. The topological polar surface area (TPSA) is 96.5 Å². The number of amides is 2. The van der Waals surface area contributed by atoms with Crippen LogP contribution in [0.2, 0.25) is 0 Å². The van der Waals surface area contributed by atoms with E-state index >= 15 is 0 Å². The van der Waals surface area contributed by atoms with Crippen LogP contribution in [0.3, 0.4) is 0 Å². The maximum atomic E-state index is 13.0. The van der Waals surface area contributed by atoms with Gasteiger partial charge in [-0.1, -0.05) is 18.2 Å². The molecule has 1 aliphatic heterocycles. The molecule has 1 aliphatic rings. The van der Waals surface area contributed by atoms with Gasteiger partial charge in [-0.05, 0) is 30.7 Å². The summed E-state index contributed by atoms with van der Waals surface area (Å²) in [6.45, 7) is 2.09. The predicted molar refractivity (Wildman–Crippen MR) is 123 cm³/mol. The van der Waals surface area contributed by atoms with E-state index in [1.807, 2.05) is 35.2 Å². The molecule has 0 aliphatic carbocycles. The third-order valence-corrected chi connectivity index (χ3v) is 5.73. The molecule has 0 spiro atoms. The lowest BCUT2D eigenvalue weighted by atomic mass is 9.99. The molecule has 4 rings (SSSR count). The molecule has 8 heteroatoms. The third-order valence-electron chi connectivity index (χ3n) is 5.73.